The lowest BCUT2D eigenvalue weighted by Crippen LogP contribution is -1.98. The number of benzene rings is 7. The highest BCUT2D eigenvalue weighted by Crippen LogP contribution is 2.46. The summed E-state index contributed by atoms with van der Waals surface area (Å²) in [5.41, 5.74) is 11.2. The molecular weight excluding hydrogens is 571 g/mol. The van der Waals surface area contributed by atoms with Gasteiger partial charge < -0.3 is 0 Å². The van der Waals surface area contributed by atoms with Crippen molar-refractivity contribution in [3.8, 4) is 50.6 Å². The maximum atomic E-state index is 5.05. The van der Waals surface area contributed by atoms with E-state index in [-0.39, 0.29) is 0 Å². The molecule has 7 aromatic carbocycles. The summed E-state index contributed by atoms with van der Waals surface area (Å²) in [6.07, 6.45) is 1.87. The van der Waals surface area contributed by atoms with Gasteiger partial charge in [0.15, 0.2) is 0 Å². The van der Waals surface area contributed by atoms with E-state index < -0.39 is 0 Å². The molecule has 47 heavy (non-hydrogen) atoms. The van der Waals surface area contributed by atoms with E-state index in [1.165, 1.54) is 43.8 Å². The summed E-state index contributed by atoms with van der Waals surface area (Å²) in [4.78, 5) is 9.78. The number of nitrogens with zero attached hydrogens (tertiary/aromatic N) is 3. The number of rotatable bonds is 5. The monoisotopic (exact) mass is 599 g/mol. The van der Waals surface area contributed by atoms with Gasteiger partial charge in [-0.2, -0.15) is 0 Å². The summed E-state index contributed by atoms with van der Waals surface area (Å²) < 4.78 is 2.27. The van der Waals surface area contributed by atoms with Gasteiger partial charge in [-0.25, -0.2) is 4.98 Å². The molecule has 9 rings (SSSR count). The fraction of sp³-hybridized carbons (Fsp3) is 0. The lowest BCUT2D eigenvalue weighted by Gasteiger charge is -2.19. The highest BCUT2D eigenvalue weighted by molar-refractivity contribution is 6.22. The molecule has 2 aromatic heterocycles. The van der Waals surface area contributed by atoms with Crippen molar-refractivity contribution in [3.05, 3.63) is 176 Å². The van der Waals surface area contributed by atoms with Gasteiger partial charge in [0.05, 0.1) is 16.7 Å². The zero-order chi connectivity index (χ0) is 31.2. The predicted octanol–water partition coefficient (Wildman–Crippen LogP) is 11.4. The second-order valence-corrected chi connectivity index (χ2v) is 11.8. The van der Waals surface area contributed by atoms with Crippen molar-refractivity contribution < 1.29 is 0 Å². The fourth-order valence-corrected chi connectivity index (χ4v) is 7.02. The summed E-state index contributed by atoms with van der Waals surface area (Å²) in [6.45, 7) is 0. The van der Waals surface area contributed by atoms with Gasteiger partial charge in [0, 0.05) is 23.0 Å². The number of aromatic nitrogens is 3. The Kier molecular flexibility index (Phi) is 6.46. The molecule has 0 amide bonds. The van der Waals surface area contributed by atoms with Crippen LogP contribution < -0.4 is 0 Å². The van der Waals surface area contributed by atoms with Gasteiger partial charge in [-0.1, -0.05) is 133 Å². The zero-order valence-corrected chi connectivity index (χ0v) is 25.6. The second-order valence-electron chi connectivity index (χ2n) is 11.8. The van der Waals surface area contributed by atoms with E-state index in [9.17, 15) is 0 Å². The summed E-state index contributed by atoms with van der Waals surface area (Å²) in [5, 5.41) is 4.90. The molecule has 0 unspecified atom stereocenters. The van der Waals surface area contributed by atoms with Gasteiger partial charge in [-0.3, -0.25) is 9.55 Å². The summed E-state index contributed by atoms with van der Waals surface area (Å²) in [7, 11) is 0. The van der Waals surface area contributed by atoms with Crippen molar-refractivity contribution in [2.75, 3.05) is 0 Å². The van der Waals surface area contributed by atoms with E-state index in [4.69, 9.17) is 9.97 Å². The molecule has 0 aliphatic heterocycles. The Morgan fingerprint density at radius 3 is 1.66 bits per heavy atom. The summed E-state index contributed by atoms with van der Waals surface area (Å²) >= 11 is 0. The molecule has 0 saturated carbocycles. The van der Waals surface area contributed by atoms with Crippen LogP contribution in [0.15, 0.2) is 176 Å². The first-order valence-corrected chi connectivity index (χ1v) is 15.9. The van der Waals surface area contributed by atoms with Gasteiger partial charge in [-0.15, -0.1) is 0 Å². The minimum atomic E-state index is 0.936. The van der Waals surface area contributed by atoms with Gasteiger partial charge in [-0.05, 0) is 80.2 Å². The molecule has 0 atom stereocenters. The summed E-state index contributed by atoms with van der Waals surface area (Å²) in [6, 6.07) is 60.1. The van der Waals surface area contributed by atoms with Crippen LogP contribution in [0.3, 0.4) is 0 Å². The molecule has 0 radical (unpaired) electrons. The van der Waals surface area contributed by atoms with Crippen LogP contribution in [0.25, 0.3) is 83.2 Å². The Morgan fingerprint density at radius 1 is 0.404 bits per heavy atom. The first-order valence-electron chi connectivity index (χ1n) is 15.9. The highest BCUT2D eigenvalue weighted by Gasteiger charge is 2.20. The third-order valence-electron chi connectivity index (χ3n) is 9.08. The quantitative estimate of drug-likeness (QED) is 0.184. The third-order valence-corrected chi connectivity index (χ3v) is 9.08. The van der Waals surface area contributed by atoms with E-state index in [1.807, 2.05) is 24.4 Å². The highest BCUT2D eigenvalue weighted by atomic mass is 15.1. The topological polar surface area (TPSA) is 30.7 Å². The van der Waals surface area contributed by atoms with E-state index >= 15 is 0 Å². The first kappa shape index (κ1) is 27.0. The van der Waals surface area contributed by atoms with Crippen molar-refractivity contribution >= 4 is 32.6 Å². The Balaban J connectivity index is 1.26. The van der Waals surface area contributed by atoms with E-state index in [1.54, 1.807) is 0 Å². The van der Waals surface area contributed by atoms with Crippen molar-refractivity contribution in [1.82, 2.24) is 14.5 Å². The van der Waals surface area contributed by atoms with Crippen LogP contribution >= 0.6 is 0 Å². The average Bonchev–Trinajstić information content (AvgIpc) is 3.54. The SMILES string of the molecule is c1ccc(-c2nc3ccccc3n2-c2ccc(-c3c4ccccc4c(-c4ccccc4-c4ccccn4)c4ccccc34)cc2)cc1. The van der Waals surface area contributed by atoms with Crippen LogP contribution in [0.4, 0.5) is 0 Å². The van der Waals surface area contributed by atoms with E-state index in [0.29, 0.717) is 0 Å². The number of imidazole rings is 1. The lowest BCUT2D eigenvalue weighted by molar-refractivity contribution is 1.10. The minimum absolute atomic E-state index is 0.936. The Labute approximate surface area is 273 Å². The first-order chi connectivity index (χ1) is 23.3. The molecule has 0 bridgehead atoms. The smallest absolute Gasteiger partial charge is 0.145 e. The number of hydrogen-bond acceptors (Lipinski definition) is 2. The van der Waals surface area contributed by atoms with E-state index in [2.05, 4.69) is 156 Å². The zero-order valence-electron chi connectivity index (χ0n) is 25.6. The molecule has 0 aliphatic carbocycles. The van der Waals surface area contributed by atoms with Crippen LogP contribution in [0.5, 0.6) is 0 Å². The van der Waals surface area contributed by atoms with Crippen LogP contribution in [0, 0.1) is 0 Å². The molecule has 3 nitrogen and oxygen atoms in total. The molecule has 9 aromatic rings. The Morgan fingerprint density at radius 2 is 0.979 bits per heavy atom. The minimum Gasteiger partial charge on any atom is -0.292 e. The average molecular weight is 600 g/mol. The van der Waals surface area contributed by atoms with E-state index in [0.717, 1.165) is 39.4 Å². The van der Waals surface area contributed by atoms with Gasteiger partial charge in [0.2, 0.25) is 0 Å². The molecule has 3 heteroatoms. The van der Waals surface area contributed by atoms with Crippen molar-refractivity contribution in [3.63, 3.8) is 0 Å². The fourth-order valence-electron chi connectivity index (χ4n) is 7.02. The maximum Gasteiger partial charge on any atom is 0.145 e. The second kappa shape index (κ2) is 11.2. The van der Waals surface area contributed by atoms with Crippen molar-refractivity contribution in [2.24, 2.45) is 0 Å². The number of pyridine rings is 1. The maximum absolute atomic E-state index is 5.05. The number of para-hydroxylation sites is 2. The van der Waals surface area contributed by atoms with Gasteiger partial charge in [0.25, 0.3) is 0 Å². The number of fused-ring (bicyclic) bond motifs is 3. The normalized spacial score (nSPS) is 11.4. The predicted molar refractivity (Wildman–Crippen MR) is 196 cm³/mol. The largest absolute Gasteiger partial charge is 0.292 e. The Bertz CT molecular complexity index is 2490. The molecule has 0 N–H and O–H groups in total. The van der Waals surface area contributed by atoms with Crippen LogP contribution in [-0.4, -0.2) is 14.5 Å². The van der Waals surface area contributed by atoms with Crippen molar-refractivity contribution in [1.29, 1.82) is 0 Å². The van der Waals surface area contributed by atoms with Crippen molar-refractivity contribution in [2.45, 2.75) is 0 Å². The number of hydrogen-bond donors (Lipinski definition) is 0. The molecule has 0 saturated heterocycles. The molecule has 220 valence electrons. The standard InChI is InChI=1S/C44H29N3/c1-2-14-31(15-3-1)44-46-40-23-10-11-24-41(40)47(44)32-27-25-30(26-28-32)42-35-18-6-8-20-37(35)43(38-21-9-7-19-36(38)42)34-17-5-4-16-33(34)39-22-12-13-29-45-39/h1-29H. The van der Waals surface area contributed by atoms with Crippen LogP contribution in [-0.2, 0) is 0 Å². The molecule has 2 heterocycles. The molecular formula is C44H29N3. The third kappa shape index (κ3) is 4.52. The lowest BCUT2D eigenvalue weighted by atomic mass is 9.84. The Hall–Kier alpha value is -6.32. The van der Waals surface area contributed by atoms with Gasteiger partial charge in [0.1, 0.15) is 5.82 Å². The summed E-state index contributed by atoms with van der Waals surface area (Å²) in [5.74, 6) is 0.936. The molecule has 0 fully saturated rings. The molecule has 0 aliphatic rings. The van der Waals surface area contributed by atoms with Crippen LogP contribution in [0.2, 0.25) is 0 Å². The van der Waals surface area contributed by atoms with Crippen LogP contribution in [0.1, 0.15) is 0 Å². The molecule has 0 spiro atoms. The van der Waals surface area contributed by atoms with Gasteiger partial charge >= 0.3 is 0 Å².